The van der Waals surface area contributed by atoms with Crippen molar-refractivity contribution in [2.45, 2.75) is 19.2 Å². The Kier molecular flexibility index (Phi) is 10.4. The molecule has 0 heterocycles. The number of anilines is 1. The third-order valence-corrected chi connectivity index (χ3v) is 3.11. The molecule has 0 spiro atoms. The van der Waals surface area contributed by atoms with Crippen molar-refractivity contribution in [1.29, 1.82) is 0 Å². The Morgan fingerprint density at radius 2 is 2.00 bits per heavy atom. The fourth-order valence-corrected chi connectivity index (χ4v) is 2.01. The van der Waals surface area contributed by atoms with Crippen LogP contribution in [0.4, 0.5) is 18.9 Å². The molecule has 4 nitrogen and oxygen atoms in total. The van der Waals surface area contributed by atoms with Crippen LogP contribution in [0.15, 0.2) is 29.3 Å². The number of benzene rings is 1. The van der Waals surface area contributed by atoms with E-state index in [4.69, 9.17) is 5.73 Å². The van der Waals surface area contributed by atoms with Crippen molar-refractivity contribution >= 4 is 47.4 Å². The number of alkyl halides is 3. The van der Waals surface area contributed by atoms with Crippen LogP contribution in [0, 0.1) is 0 Å². The van der Waals surface area contributed by atoms with Gasteiger partial charge >= 0.3 is 6.36 Å². The number of halogens is 4. The second-order valence-corrected chi connectivity index (χ2v) is 5.12. The second kappa shape index (κ2) is 10.8. The molecule has 1 rings (SSSR count). The van der Waals surface area contributed by atoms with E-state index >= 15 is 0 Å². The lowest BCUT2D eigenvalue weighted by Gasteiger charge is -2.14. The minimum atomic E-state index is -4.75. The van der Waals surface area contributed by atoms with Crippen LogP contribution in [-0.2, 0) is 0 Å². The van der Waals surface area contributed by atoms with Gasteiger partial charge in [-0.3, -0.25) is 4.99 Å². The molecule has 0 radical (unpaired) electrons. The van der Waals surface area contributed by atoms with Crippen molar-refractivity contribution in [2.75, 3.05) is 23.9 Å². The topological polar surface area (TPSA) is 59.6 Å². The van der Waals surface area contributed by atoms with Gasteiger partial charge in [0, 0.05) is 6.54 Å². The highest BCUT2D eigenvalue weighted by atomic mass is 127. The van der Waals surface area contributed by atoms with Gasteiger partial charge in [0.15, 0.2) is 11.7 Å². The average molecular weight is 449 g/mol. The van der Waals surface area contributed by atoms with E-state index in [0.29, 0.717) is 6.54 Å². The molecular weight excluding hydrogens is 430 g/mol. The molecule has 0 atom stereocenters. The smallest absolute Gasteiger partial charge is 0.404 e. The number of para-hydroxylation sites is 2. The van der Waals surface area contributed by atoms with Crippen LogP contribution in [0.25, 0.3) is 0 Å². The minimum Gasteiger partial charge on any atom is -0.404 e. The number of hydrogen-bond acceptors (Lipinski definition) is 3. The van der Waals surface area contributed by atoms with E-state index in [1.165, 1.54) is 18.2 Å². The Morgan fingerprint density at radius 3 is 2.64 bits per heavy atom. The first-order valence-corrected chi connectivity index (χ1v) is 7.72. The fraction of sp³-hybridized carbons (Fsp3) is 0.462. The molecule has 0 fully saturated rings. The summed E-state index contributed by atoms with van der Waals surface area (Å²) < 4.78 is 40.7. The summed E-state index contributed by atoms with van der Waals surface area (Å²) in [6.45, 7) is 0.529. The van der Waals surface area contributed by atoms with Crippen molar-refractivity contribution in [2.24, 2.45) is 10.7 Å². The molecule has 22 heavy (non-hydrogen) atoms. The lowest BCUT2D eigenvalue weighted by atomic mass is 10.3. The van der Waals surface area contributed by atoms with Gasteiger partial charge < -0.3 is 15.8 Å². The van der Waals surface area contributed by atoms with Gasteiger partial charge in [0.05, 0.1) is 5.69 Å². The van der Waals surface area contributed by atoms with Gasteiger partial charge in [-0.25, -0.2) is 0 Å². The second-order valence-electron chi connectivity index (χ2n) is 4.14. The molecule has 9 heteroatoms. The van der Waals surface area contributed by atoms with Gasteiger partial charge in [-0.2, -0.15) is 11.8 Å². The molecule has 0 unspecified atom stereocenters. The molecule has 0 aliphatic rings. The predicted octanol–water partition coefficient (Wildman–Crippen LogP) is 4.07. The molecule has 0 amide bonds. The van der Waals surface area contributed by atoms with Crippen molar-refractivity contribution in [3.8, 4) is 5.75 Å². The molecular formula is C13H19F3IN3OS. The standard InChI is InChI=1S/C13H18F3N3OS.HI/c1-21-9-5-4-8-18-12(17)19-10-6-2-3-7-11(10)20-13(14,15)16;/h2-3,6-7H,4-5,8-9H2,1H3,(H3,17,18,19);1H. The van der Waals surface area contributed by atoms with Gasteiger partial charge in [-0.15, -0.1) is 37.1 Å². The van der Waals surface area contributed by atoms with Crippen LogP contribution >= 0.6 is 35.7 Å². The third-order valence-electron chi connectivity index (χ3n) is 2.41. The van der Waals surface area contributed by atoms with Gasteiger partial charge in [-0.1, -0.05) is 12.1 Å². The summed E-state index contributed by atoms with van der Waals surface area (Å²) in [5.41, 5.74) is 5.78. The summed E-state index contributed by atoms with van der Waals surface area (Å²) in [7, 11) is 0. The number of aliphatic imine (C=N–C) groups is 1. The molecule has 1 aromatic carbocycles. The first-order chi connectivity index (χ1) is 9.92. The first-order valence-electron chi connectivity index (χ1n) is 6.33. The molecule has 1 aromatic rings. The van der Waals surface area contributed by atoms with E-state index < -0.39 is 6.36 Å². The minimum absolute atomic E-state index is 0. The number of nitrogens with two attached hydrogens (primary N) is 1. The van der Waals surface area contributed by atoms with E-state index in [1.54, 1.807) is 17.8 Å². The SMILES string of the molecule is CSCCCCN=C(N)Nc1ccccc1OC(F)(F)F.I. The van der Waals surface area contributed by atoms with Crippen LogP contribution in [0.5, 0.6) is 5.75 Å². The molecule has 126 valence electrons. The highest BCUT2D eigenvalue weighted by Crippen LogP contribution is 2.29. The zero-order valence-electron chi connectivity index (χ0n) is 12.0. The lowest BCUT2D eigenvalue weighted by molar-refractivity contribution is -0.274. The van der Waals surface area contributed by atoms with Crippen molar-refractivity contribution in [1.82, 2.24) is 0 Å². The zero-order chi connectivity index (χ0) is 15.7. The maximum absolute atomic E-state index is 12.3. The first kappa shape index (κ1) is 21.2. The maximum atomic E-state index is 12.3. The monoisotopic (exact) mass is 449 g/mol. The van der Waals surface area contributed by atoms with Crippen LogP contribution in [0.3, 0.4) is 0 Å². The summed E-state index contributed by atoms with van der Waals surface area (Å²) in [5, 5.41) is 2.62. The maximum Gasteiger partial charge on any atom is 0.573 e. The van der Waals surface area contributed by atoms with Crippen molar-refractivity contribution in [3.05, 3.63) is 24.3 Å². The number of unbranched alkanes of at least 4 members (excludes halogenated alkanes) is 1. The Hall–Kier alpha value is -0.840. The van der Waals surface area contributed by atoms with Crippen LogP contribution in [0.2, 0.25) is 0 Å². The number of nitrogens with zero attached hydrogens (tertiary/aromatic N) is 1. The van der Waals surface area contributed by atoms with Crippen LogP contribution < -0.4 is 15.8 Å². The molecule has 0 bridgehead atoms. The van der Waals surface area contributed by atoms with Crippen LogP contribution in [-0.4, -0.2) is 30.9 Å². The quantitative estimate of drug-likeness (QED) is 0.285. The number of ether oxygens (including phenoxy) is 1. The van der Waals surface area contributed by atoms with Crippen molar-refractivity contribution in [3.63, 3.8) is 0 Å². The normalized spacial score (nSPS) is 11.7. The van der Waals surface area contributed by atoms with E-state index in [9.17, 15) is 13.2 Å². The van der Waals surface area contributed by atoms with E-state index in [-0.39, 0.29) is 41.4 Å². The van der Waals surface area contributed by atoms with Gasteiger partial charge in [0.2, 0.25) is 0 Å². The molecule has 0 aliphatic heterocycles. The Labute approximate surface area is 149 Å². The van der Waals surface area contributed by atoms with E-state index in [2.05, 4.69) is 15.0 Å². The summed E-state index contributed by atoms with van der Waals surface area (Å²) >= 11 is 1.75. The van der Waals surface area contributed by atoms with E-state index in [1.807, 2.05) is 6.26 Å². The number of guanidine groups is 1. The summed E-state index contributed by atoms with van der Waals surface area (Å²) in [4.78, 5) is 4.07. The number of nitrogens with one attached hydrogen (secondary N) is 1. The van der Waals surface area contributed by atoms with Gasteiger partial charge in [0.1, 0.15) is 0 Å². The van der Waals surface area contributed by atoms with Crippen molar-refractivity contribution < 1.29 is 17.9 Å². The molecule has 3 N–H and O–H groups in total. The Morgan fingerprint density at radius 1 is 1.32 bits per heavy atom. The average Bonchev–Trinajstić information content (AvgIpc) is 2.39. The number of hydrogen-bond donors (Lipinski definition) is 2. The predicted molar refractivity (Wildman–Crippen MR) is 96.3 cm³/mol. The van der Waals surface area contributed by atoms with Crippen LogP contribution in [0.1, 0.15) is 12.8 Å². The number of thioether (sulfide) groups is 1. The highest BCUT2D eigenvalue weighted by Gasteiger charge is 2.32. The fourth-order valence-electron chi connectivity index (χ4n) is 1.52. The van der Waals surface area contributed by atoms with Gasteiger partial charge in [0.25, 0.3) is 0 Å². The zero-order valence-corrected chi connectivity index (χ0v) is 15.2. The highest BCUT2D eigenvalue weighted by molar-refractivity contribution is 14.0. The van der Waals surface area contributed by atoms with E-state index in [0.717, 1.165) is 18.6 Å². The summed E-state index contributed by atoms with van der Waals surface area (Å²) in [6.07, 6.45) is -0.825. The van der Waals surface area contributed by atoms with Gasteiger partial charge in [-0.05, 0) is 37.0 Å². The molecule has 0 aromatic heterocycles. The lowest BCUT2D eigenvalue weighted by Crippen LogP contribution is -2.24. The third kappa shape index (κ3) is 9.23. The largest absolute Gasteiger partial charge is 0.573 e. The Balaban J connectivity index is 0.00000441. The Bertz CT molecular complexity index is 472. The molecule has 0 saturated heterocycles. The summed E-state index contributed by atoms with van der Waals surface area (Å²) in [6, 6.07) is 5.68. The molecule has 0 aliphatic carbocycles. The summed E-state index contributed by atoms with van der Waals surface area (Å²) in [5.74, 6) is 0.772. The number of rotatable bonds is 7. The molecule has 0 saturated carbocycles.